The van der Waals surface area contributed by atoms with Crippen molar-refractivity contribution < 1.29 is 0 Å². The van der Waals surface area contributed by atoms with Gasteiger partial charge in [-0.3, -0.25) is 4.98 Å². The lowest BCUT2D eigenvalue weighted by atomic mass is 9.89. The second-order valence-electron chi connectivity index (χ2n) is 5.05. The molecule has 1 heterocycles. The van der Waals surface area contributed by atoms with Crippen molar-refractivity contribution in [1.29, 1.82) is 0 Å². The maximum absolute atomic E-state index is 4.96. The van der Waals surface area contributed by atoms with Gasteiger partial charge >= 0.3 is 0 Å². The minimum absolute atomic E-state index is 0.828. The summed E-state index contributed by atoms with van der Waals surface area (Å²) in [6.45, 7) is 2.20. The molecule has 18 heavy (non-hydrogen) atoms. The van der Waals surface area contributed by atoms with Gasteiger partial charge in [-0.15, -0.1) is 0 Å². The van der Waals surface area contributed by atoms with Gasteiger partial charge in [0.1, 0.15) is 0 Å². The molecule has 0 radical (unpaired) electrons. The van der Waals surface area contributed by atoms with Crippen LogP contribution in [0.15, 0.2) is 18.2 Å². The van der Waals surface area contributed by atoms with E-state index in [0.717, 1.165) is 18.6 Å². The molecule has 2 heteroatoms. The molecule has 1 nitrogen and oxygen atoms in total. The molecule has 0 unspecified atom stereocenters. The zero-order valence-corrected chi connectivity index (χ0v) is 11.8. The number of fused-ring (bicyclic) bond motifs is 2. The van der Waals surface area contributed by atoms with Crippen LogP contribution in [0, 0.1) is 0 Å². The van der Waals surface area contributed by atoms with Gasteiger partial charge in [0.25, 0.3) is 0 Å². The molecule has 1 aromatic carbocycles. The average Bonchev–Trinajstić information content (AvgIpc) is 2.44. The monoisotopic (exact) mass is 257 g/mol. The number of thiol groups is 1. The van der Waals surface area contributed by atoms with Crippen LogP contribution in [-0.4, -0.2) is 4.98 Å². The van der Waals surface area contributed by atoms with Gasteiger partial charge in [0, 0.05) is 16.8 Å². The van der Waals surface area contributed by atoms with Gasteiger partial charge < -0.3 is 0 Å². The highest BCUT2D eigenvalue weighted by Crippen LogP contribution is 2.31. The largest absolute Gasteiger partial charge is 0.252 e. The summed E-state index contributed by atoms with van der Waals surface area (Å²) in [7, 11) is 0. The van der Waals surface area contributed by atoms with Crippen molar-refractivity contribution in [3.8, 4) is 0 Å². The fourth-order valence-electron chi connectivity index (χ4n) is 3.07. The predicted molar refractivity (Wildman–Crippen MR) is 80.5 cm³/mol. The van der Waals surface area contributed by atoms with Crippen LogP contribution in [0.25, 0.3) is 10.9 Å². The number of hydrogen-bond donors (Lipinski definition) is 1. The summed E-state index contributed by atoms with van der Waals surface area (Å²) >= 11 is 4.56. The molecular formula is C16H19NS. The van der Waals surface area contributed by atoms with Gasteiger partial charge in [0.05, 0.1) is 5.52 Å². The molecule has 0 fully saturated rings. The molecule has 0 amide bonds. The Kier molecular flexibility index (Phi) is 3.29. The maximum atomic E-state index is 4.96. The minimum atomic E-state index is 0.828. The minimum Gasteiger partial charge on any atom is -0.252 e. The summed E-state index contributed by atoms with van der Waals surface area (Å²) < 4.78 is 0. The summed E-state index contributed by atoms with van der Waals surface area (Å²) in [5.74, 6) is 0.828. The number of aryl methyl sites for hydroxylation is 2. The Bertz CT molecular complexity index is 589. The van der Waals surface area contributed by atoms with Crippen LogP contribution < -0.4 is 0 Å². The molecule has 0 aliphatic heterocycles. The van der Waals surface area contributed by atoms with Gasteiger partial charge in [-0.2, -0.15) is 12.6 Å². The number of para-hydroxylation sites is 1. The van der Waals surface area contributed by atoms with Gasteiger partial charge in [-0.05, 0) is 48.8 Å². The molecule has 2 aromatic rings. The first-order valence-electron chi connectivity index (χ1n) is 6.88. The topological polar surface area (TPSA) is 12.9 Å². The zero-order chi connectivity index (χ0) is 12.5. The molecule has 1 aliphatic rings. The lowest BCUT2D eigenvalue weighted by Gasteiger charge is -2.20. The van der Waals surface area contributed by atoms with Crippen molar-refractivity contribution in [2.75, 3.05) is 0 Å². The van der Waals surface area contributed by atoms with Crippen LogP contribution in [0.3, 0.4) is 0 Å². The fraction of sp³-hybridized carbons (Fsp3) is 0.438. The number of pyridine rings is 1. The highest BCUT2D eigenvalue weighted by Gasteiger charge is 2.17. The van der Waals surface area contributed by atoms with E-state index in [1.165, 1.54) is 52.5 Å². The molecule has 0 saturated carbocycles. The summed E-state index contributed by atoms with van der Waals surface area (Å²) in [4.78, 5) is 4.96. The van der Waals surface area contributed by atoms with Crippen molar-refractivity contribution in [3.05, 3.63) is 40.6 Å². The highest BCUT2D eigenvalue weighted by molar-refractivity contribution is 7.79. The number of hydrogen-bond acceptors (Lipinski definition) is 2. The van der Waals surface area contributed by atoms with Crippen molar-refractivity contribution in [3.63, 3.8) is 0 Å². The Balaban J connectivity index is 2.36. The van der Waals surface area contributed by atoms with Crippen molar-refractivity contribution >= 4 is 23.5 Å². The molecular weight excluding hydrogens is 238 g/mol. The Morgan fingerprint density at radius 3 is 2.83 bits per heavy atom. The van der Waals surface area contributed by atoms with E-state index < -0.39 is 0 Å². The second-order valence-corrected chi connectivity index (χ2v) is 5.36. The third-order valence-corrected chi connectivity index (χ3v) is 4.35. The number of rotatable bonds is 2. The van der Waals surface area contributed by atoms with Crippen LogP contribution in [0.1, 0.15) is 42.1 Å². The lowest BCUT2D eigenvalue weighted by Crippen LogP contribution is -2.09. The number of nitrogens with zero attached hydrogens (tertiary/aromatic N) is 1. The van der Waals surface area contributed by atoms with E-state index >= 15 is 0 Å². The van der Waals surface area contributed by atoms with Gasteiger partial charge in [-0.25, -0.2) is 0 Å². The zero-order valence-electron chi connectivity index (χ0n) is 10.9. The quantitative estimate of drug-likeness (QED) is 0.799. The standard InChI is InChI=1S/C16H19NS/c1-2-11-6-5-8-13-14(10-18)12-7-3-4-9-15(12)17-16(11)13/h5-6,8,18H,2-4,7,9-10H2,1H3. The molecule has 3 rings (SSSR count). The smallest absolute Gasteiger partial charge is 0.0740 e. The van der Waals surface area contributed by atoms with Crippen LogP contribution in [0.5, 0.6) is 0 Å². The first-order chi connectivity index (χ1) is 8.85. The molecule has 0 atom stereocenters. The van der Waals surface area contributed by atoms with E-state index in [-0.39, 0.29) is 0 Å². The molecule has 0 bridgehead atoms. The fourth-order valence-corrected chi connectivity index (χ4v) is 3.43. The predicted octanol–water partition coefficient (Wildman–Crippen LogP) is 4.11. The SMILES string of the molecule is CCc1cccc2c(CS)c3c(nc12)CCCC3. The van der Waals surface area contributed by atoms with E-state index in [2.05, 4.69) is 37.8 Å². The molecule has 0 N–H and O–H groups in total. The van der Waals surface area contributed by atoms with Crippen LogP contribution >= 0.6 is 12.6 Å². The van der Waals surface area contributed by atoms with E-state index in [4.69, 9.17) is 4.98 Å². The van der Waals surface area contributed by atoms with Crippen LogP contribution in [0.4, 0.5) is 0 Å². The Labute approximate surface area is 114 Å². The van der Waals surface area contributed by atoms with Gasteiger partial charge in [0.15, 0.2) is 0 Å². The Hall–Kier alpha value is -1.02. The number of aromatic nitrogens is 1. The lowest BCUT2D eigenvalue weighted by molar-refractivity contribution is 0.667. The third-order valence-electron chi connectivity index (χ3n) is 4.03. The van der Waals surface area contributed by atoms with E-state index in [9.17, 15) is 0 Å². The molecule has 0 spiro atoms. The Morgan fingerprint density at radius 2 is 2.06 bits per heavy atom. The van der Waals surface area contributed by atoms with E-state index in [1.807, 2.05) is 0 Å². The Morgan fingerprint density at radius 1 is 1.22 bits per heavy atom. The van der Waals surface area contributed by atoms with E-state index in [1.54, 1.807) is 0 Å². The van der Waals surface area contributed by atoms with E-state index in [0.29, 0.717) is 0 Å². The first kappa shape index (κ1) is 12.0. The molecule has 94 valence electrons. The molecule has 1 aliphatic carbocycles. The molecule has 1 aromatic heterocycles. The van der Waals surface area contributed by atoms with Gasteiger partial charge in [-0.1, -0.05) is 25.1 Å². The average molecular weight is 257 g/mol. The molecule has 0 saturated heterocycles. The van der Waals surface area contributed by atoms with Crippen LogP contribution in [-0.2, 0) is 25.0 Å². The van der Waals surface area contributed by atoms with Gasteiger partial charge in [0.2, 0.25) is 0 Å². The van der Waals surface area contributed by atoms with Crippen molar-refractivity contribution in [2.24, 2.45) is 0 Å². The third kappa shape index (κ3) is 1.83. The highest BCUT2D eigenvalue weighted by atomic mass is 32.1. The van der Waals surface area contributed by atoms with Crippen molar-refractivity contribution in [1.82, 2.24) is 4.98 Å². The normalized spacial score (nSPS) is 14.8. The maximum Gasteiger partial charge on any atom is 0.0740 e. The summed E-state index contributed by atoms with van der Waals surface area (Å²) in [6, 6.07) is 6.57. The first-order valence-corrected chi connectivity index (χ1v) is 7.51. The summed E-state index contributed by atoms with van der Waals surface area (Å²) in [5, 5.41) is 1.32. The van der Waals surface area contributed by atoms with Crippen molar-refractivity contribution in [2.45, 2.75) is 44.8 Å². The summed E-state index contributed by atoms with van der Waals surface area (Å²) in [5.41, 5.74) is 6.82. The number of benzene rings is 1. The second kappa shape index (κ2) is 4.93. The summed E-state index contributed by atoms with van der Waals surface area (Å²) in [6.07, 6.45) is 5.96. The van der Waals surface area contributed by atoms with Crippen LogP contribution in [0.2, 0.25) is 0 Å².